The van der Waals surface area contributed by atoms with Crippen molar-refractivity contribution in [3.8, 4) is 28.4 Å². The van der Waals surface area contributed by atoms with Gasteiger partial charge in [-0.1, -0.05) is 12.1 Å². The molecule has 0 saturated carbocycles. The summed E-state index contributed by atoms with van der Waals surface area (Å²) in [7, 11) is 0. The molecule has 10 heteroatoms. The molecule has 0 radical (unpaired) electrons. The quantitative estimate of drug-likeness (QED) is 0.217. The predicted octanol–water partition coefficient (Wildman–Crippen LogP) is 7.24. The lowest BCUT2D eigenvalue weighted by Crippen LogP contribution is -2.10. The second-order valence-corrected chi connectivity index (χ2v) is 8.95. The zero-order valence-corrected chi connectivity index (χ0v) is 21.4. The first-order chi connectivity index (χ1) is 18.5. The minimum absolute atomic E-state index is 0.0460. The summed E-state index contributed by atoms with van der Waals surface area (Å²) in [5.74, 6) is -0.872. The molecule has 0 fully saturated rings. The number of aliphatic carboxylic acids is 1. The maximum Gasteiger partial charge on any atom is 0.416 e. The largest absolute Gasteiger partial charge is 0.491 e. The summed E-state index contributed by atoms with van der Waals surface area (Å²) in [4.78, 5) is 27.7. The second-order valence-electron chi connectivity index (χ2n) is 8.95. The summed E-state index contributed by atoms with van der Waals surface area (Å²) in [6.07, 6.45) is -5.02. The van der Waals surface area contributed by atoms with Gasteiger partial charge in [0, 0.05) is 22.2 Å². The van der Waals surface area contributed by atoms with Crippen molar-refractivity contribution in [2.24, 2.45) is 0 Å². The Bertz CT molecular complexity index is 1490. The van der Waals surface area contributed by atoms with Gasteiger partial charge in [0.05, 0.1) is 30.3 Å². The molecule has 7 nitrogen and oxygen atoms in total. The van der Waals surface area contributed by atoms with E-state index in [4.69, 9.17) is 14.2 Å². The fourth-order valence-corrected chi connectivity index (χ4v) is 4.22. The van der Waals surface area contributed by atoms with E-state index in [9.17, 15) is 27.9 Å². The van der Waals surface area contributed by atoms with Gasteiger partial charge in [-0.05, 0) is 74.9 Å². The lowest BCUT2D eigenvalue weighted by molar-refractivity contribution is -0.138. The van der Waals surface area contributed by atoms with Gasteiger partial charge >= 0.3 is 18.1 Å². The SMILES string of the molecule is CCOC(=O)c1c(CC(=O)O)[nH]c2ccc(Oc3ccc(C(F)(F)F)cc3)c(-c3ccc(OC(C)C)cc3)c12. The normalized spacial score (nSPS) is 11.6. The molecule has 0 amide bonds. The van der Waals surface area contributed by atoms with Crippen LogP contribution >= 0.6 is 0 Å². The third-order valence-corrected chi connectivity index (χ3v) is 5.74. The van der Waals surface area contributed by atoms with Gasteiger partial charge in [0.1, 0.15) is 17.2 Å². The third-order valence-electron chi connectivity index (χ3n) is 5.74. The van der Waals surface area contributed by atoms with Gasteiger partial charge in [-0.2, -0.15) is 13.2 Å². The van der Waals surface area contributed by atoms with E-state index in [-0.39, 0.29) is 35.5 Å². The average molecular weight is 542 g/mol. The summed E-state index contributed by atoms with van der Waals surface area (Å²) in [6, 6.07) is 14.4. The van der Waals surface area contributed by atoms with Crippen LogP contribution in [0.1, 0.15) is 42.4 Å². The Hall–Kier alpha value is -4.47. The number of alkyl halides is 3. The van der Waals surface area contributed by atoms with Crippen LogP contribution in [0.15, 0.2) is 60.7 Å². The molecule has 1 heterocycles. The monoisotopic (exact) mass is 541 g/mol. The highest BCUT2D eigenvalue weighted by molar-refractivity contribution is 6.13. The van der Waals surface area contributed by atoms with Crippen LogP contribution in [0.3, 0.4) is 0 Å². The Morgan fingerprint density at radius 3 is 2.15 bits per heavy atom. The molecule has 0 aliphatic rings. The number of carbonyl (C=O) groups excluding carboxylic acids is 1. The highest BCUT2D eigenvalue weighted by Crippen LogP contribution is 2.43. The number of carboxylic acid groups (broad SMARTS) is 1. The maximum absolute atomic E-state index is 13.1. The lowest BCUT2D eigenvalue weighted by Gasteiger charge is -2.16. The number of carboxylic acids is 1. The molecule has 0 aliphatic heterocycles. The summed E-state index contributed by atoms with van der Waals surface area (Å²) < 4.78 is 56.2. The molecule has 3 aromatic carbocycles. The highest BCUT2D eigenvalue weighted by atomic mass is 19.4. The van der Waals surface area contributed by atoms with Gasteiger partial charge in [-0.3, -0.25) is 4.79 Å². The Balaban J connectivity index is 1.93. The van der Waals surface area contributed by atoms with Crippen molar-refractivity contribution >= 4 is 22.8 Å². The van der Waals surface area contributed by atoms with Crippen LogP contribution in [0.25, 0.3) is 22.0 Å². The molecule has 1 aromatic heterocycles. The summed E-state index contributed by atoms with van der Waals surface area (Å²) in [5, 5.41) is 9.82. The van der Waals surface area contributed by atoms with Crippen LogP contribution in [0.4, 0.5) is 13.2 Å². The number of rotatable bonds is 9. The van der Waals surface area contributed by atoms with E-state index in [0.29, 0.717) is 27.8 Å². The van der Waals surface area contributed by atoms with Crippen molar-refractivity contribution < 1.29 is 42.1 Å². The van der Waals surface area contributed by atoms with Gasteiger partial charge in [-0.25, -0.2) is 4.79 Å². The van der Waals surface area contributed by atoms with Gasteiger partial charge in [0.25, 0.3) is 0 Å². The molecular formula is C29H26F3NO6. The highest BCUT2D eigenvalue weighted by Gasteiger charge is 2.30. The minimum Gasteiger partial charge on any atom is -0.491 e. The van der Waals surface area contributed by atoms with Gasteiger partial charge in [0.2, 0.25) is 0 Å². The van der Waals surface area contributed by atoms with Crippen molar-refractivity contribution in [2.45, 2.75) is 39.5 Å². The van der Waals surface area contributed by atoms with Crippen molar-refractivity contribution in [3.05, 3.63) is 77.5 Å². The Morgan fingerprint density at radius 1 is 0.949 bits per heavy atom. The summed E-state index contributed by atoms with van der Waals surface area (Å²) >= 11 is 0. The number of hydrogen-bond donors (Lipinski definition) is 2. The number of fused-ring (bicyclic) bond motifs is 1. The van der Waals surface area contributed by atoms with Gasteiger partial charge in [-0.15, -0.1) is 0 Å². The van der Waals surface area contributed by atoms with E-state index in [1.165, 1.54) is 12.1 Å². The number of benzene rings is 3. The predicted molar refractivity (Wildman–Crippen MR) is 138 cm³/mol. The number of aromatic amines is 1. The average Bonchev–Trinajstić information content (AvgIpc) is 3.21. The molecule has 204 valence electrons. The fourth-order valence-electron chi connectivity index (χ4n) is 4.22. The van der Waals surface area contributed by atoms with Gasteiger partial charge < -0.3 is 24.3 Å². The first-order valence-corrected chi connectivity index (χ1v) is 12.2. The number of halogens is 3. The Morgan fingerprint density at radius 2 is 1.59 bits per heavy atom. The van der Waals surface area contributed by atoms with Crippen LogP contribution < -0.4 is 9.47 Å². The van der Waals surface area contributed by atoms with Crippen LogP contribution in [-0.4, -0.2) is 34.7 Å². The van der Waals surface area contributed by atoms with Crippen molar-refractivity contribution in [1.82, 2.24) is 4.98 Å². The van der Waals surface area contributed by atoms with E-state index < -0.39 is 30.1 Å². The fraction of sp³-hybridized carbons (Fsp3) is 0.241. The number of carbonyl (C=O) groups is 2. The minimum atomic E-state index is -4.50. The molecule has 4 aromatic rings. The summed E-state index contributed by atoms with van der Waals surface area (Å²) in [6.45, 7) is 5.48. The summed E-state index contributed by atoms with van der Waals surface area (Å²) in [5.41, 5.74) is 0.879. The molecule has 4 rings (SSSR count). The van der Waals surface area contributed by atoms with E-state index in [1.807, 2.05) is 13.8 Å². The van der Waals surface area contributed by atoms with Crippen LogP contribution in [0, 0.1) is 0 Å². The van der Waals surface area contributed by atoms with E-state index >= 15 is 0 Å². The van der Waals surface area contributed by atoms with Crippen molar-refractivity contribution in [1.29, 1.82) is 0 Å². The van der Waals surface area contributed by atoms with Crippen molar-refractivity contribution in [2.75, 3.05) is 6.61 Å². The molecule has 0 spiro atoms. The first kappa shape index (κ1) is 27.6. The topological polar surface area (TPSA) is 97.9 Å². The van der Waals surface area contributed by atoms with E-state index in [2.05, 4.69) is 4.98 Å². The molecule has 2 N–H and O–H groups in total. The Kier molecular flexibility index (Phi) is 7.85. The van der Waals surface area contributed by atoms with Crippen LogP contribution in [-0.2, 0) is 22.1 Å². The zero-order valence-electron chi connectivity index (χ0n) is 21.4. The number of H-pyrrole nitrogens is 1. The van der Waals surface area contributed by atoms with Gasteiger partial charge in [0.15, 0.2) is 0 Å². The maximum atomic E-state index is 13.1. The number of aromatic nitrogens is 1. The molecule has 0 aliphatic carbocycles. The molecule has 39 heavy (non-hydrogen) atoms. The molecule has 0 unspecified atom stereocenters. The molecule has 0 atom stereocenters. The molecule has 0 saturated heterocycles. The molecular weight excluding hydrogens is 515 g/mol. The number of esters is 1. The number of ether oxygens (including phenoxy) is 3. The molecule has 0 bridgehead atoms. The third kappa shape index (κ3) is 6.17. The van der Waals surface area contributed by atoms with E-state index in [1.54, 1.807) is 43.3 Å². The Labute approximate surface area is 222 Å². The van der Waals surface area contributed by atoms with Crippen LogP contribution in [0.5, 0.6) is 17.2 Å². The smallest absolute Gasteiger partial charge is 0.416 e. The number of hydrogen-bond acceptors (Lipinski definition) is 5. The number of nitrogens with one attached hydrogen (secondary N) is 1. The zero-order chi connectivity index (χ0) is 28.3. The lowest BCUT2D eigenvalue weighted by atomic mass is 9.96. The van der Waals surface area contributed by atoms with Crippen LogP contribution in [0.2, 0.25) is 0 Å². The standard InChI is InChI=1S/C29H26F3NO6/c1-4-37-28(36)27-22(15-24(34)35)33-21-13-14-23(39-20-11-7-18(8-12-20)29(30,31)32)25(26(21)27)17-5-9-19(10-6-17)38-16(2)3/h5-14,16,33H,4,15H2,1-3H3,(H,34,35). The van der Waals surface area contributed by atoms with E-state index in [0.717, 1.165) is 12.1 Å². The van der Waals surface area contributed by atoms with Crippen molar-refractivity contribution in [3.63, 3.8) is 0 Å². The first-order valence-electron chi connectivity index (χ1n) is 12.2. The second kappa shape index (κ2) is 11.1.